The fourth-order valence-corrected chi connectivity index (χ4v) is 1.94. The van der Waals surface area contributed by atoms with Crippen molar-refractivity contribution in [1.29, 1.82) is 0 Å². The summed E-state index contributed by atoms with van der Waals surface area (Å²) in [4.78, 5) is 14.1. The molecular weight excluding hydrogens is 186 g/mol. The van der Waals surface area contributed by atoms with Gasteiger partial charge in [0.25, 0.3) is 0 Å². The molecule has 1 fully saturated rings. The first-order valence-electron chi connectivity index (χ1n) is 5.45. The van der Waals surface area contributed by atoms with Crippen LogP contribution in [-0.2, 0) is 4.79 Å². The highest BCUT2D eigenvalue weighted by Crippen LogP contribution is 2.36. The van der Waals surface area contributed by atoms with Gasteiger partial charge in [0.2, 0.25) is 0 Å². The molecule has 1 aromatic rings. The molecule has 0 aromatic heterocycles. The molecule has 0 bridgehead atoms. The molecule has 1 aliphatic rings. The number of hydrogen-bond donors (Lipinski definition) is 0. The molecule has 80 valence electrons. The minimum absolute atomic E-state index is 0.0568. The zero-order chi connectivity index (χ0) is 10.8. The summed E-state index contributed by atoms with van der Waals surface area (Å²) in [5.41, 5.74) is 1.11. The van der Waals surface area contributed by atoms with Crippen LogP contribution in [0.15, 0.2) is 30.3 Å². The van der Waals surface area contributed by atoms with E-state index in [1.54, 1.807) is 0 Å². The van der Waals surface area contributed by atoms with E-state index < -0.39 is 0 Å². The molecule has 1 aromatic carbocycles. The maximum Gasteiger partial charge on any atom is 0.157 e. The van der Waals surface area contributed by atoms with Gasteiger partial charge in [0.05, 0.1) is 6.04 Å². The lowest BCUT2D eigenvalue weighted by Gasteiger charge is -2.23. The van der Waals surface area contributed by atoms with Gasteiger partial charge in [-0.25, -0.2) is 0 Å². The number of Topliss-reactive ketones (excluding diaryl/α,β-unsaturated/α-hetero) is 1. The van der Waals surface area contributed by atoms with E-state index in [4.69, 9.17) is 0 Å². The molecule has 1 saturated carbocycles. The van der Waals surface area contributed by atoms with Crippen molar-refractivity contribution in [3.63, 3.8) is 0 Å². The Labute approximate surface area is 90.9 Å². The monoisotopic (exact) mass is 203 g/mol. The standard InChI is InChI=1S/C13H17NO/c1-14(2)12(13(15)11-8-9-11)10-6-4-3-5-7-10/h3-7,11-12H,8-9H2,1-2H3. The van der Waals surface area contributed by atoms with Crippen molar-refractivity contribution in [2.45, 2.75) is 18.9 Å². The Hall–Kier alpha value is -1.15. The molecule has 2 nitrogen and oxygen atoms in total. The molecule has 2 rings (SSSR count). The average Bonchev–Trinajstić information content (AvgIpc) is 3.02. The lowest BCUT2D eigenvalue weighted by Crippen LogP contribution is -2.28. The van der Waals surface area contributed by atoms with Crippen molar-refractivity contribution < 1.29 is 4.79 Å². The highest BCUT2D eigenvalue weighted by molar-refractivity contribution is 5.89. The van der Waals surface area contributed by atoms with E-state index in [-0.39, 0.29) is 6.04 Å². The fraction of sp³-hybridized carbons (Fsp3) is 0.462. The van der Waals surface area contributed by atoms with Crippen LogP contribution >= 0.6 is 0 Å². The zero-order valence-electron chi connectivity index (χ0n) is 9.31. The van der Waals surface area contributed by atoms with Gasteiger partial charge in [-0.05, 0) is 32.5 Å². The van der Waals surface area contributed by atoms with Crippen LogP contribution in [-0.4, -0.2) is 24.8 Å². The van der Waals surface area contributed by atoms with Gasteiger partial charge >= 0.3 is 0 Å². The highest BCUT2D eigenvalue weighted by Gasteiger charge is 2.36. The van der Waals surface area contributed by atoms with Crippen LogP contribution in [0.1, 0.15) is 24.4 Å². The van der Waals surface area contributed by atoms with Crippen LogP contribution < -0.4 is 0 Å². The predicted octanol–water partition coefficient (Wildman–Crippen LogP) is 2.27. The Morgan fingerprint density at radius 1 is 1.27 bits per heavy atom. The van der Waals surface area contributed by atoms with Crippen LogP contribution in [0.25, 0.3) is 0 Å². The van der Waals surface area contributed by atoms with E-state index in [0.29, 0.717) is 11.7 Å². The predicted molar refractivity (Wildman–Crippen MR) is 60.6 cm³/mol. The zero-order valence-corrected chi connectivity index (χ0v) is 9.31. The quantitative estimate of drug-likeness (QED) is 0.748. The topological polar surface area (TPSA) is 20.3 Å². The third kappa shape index (κ3) is 2.26. The van der Waals surface area contributed by atoms with Crippen molar-refractivity contribution in [2.75, 3.05) is 14.1 Å². The summed E-state index contributed by atoms with van der Waals surface area (Å²) < 4.78 is 0. The summed E-state index contributed by atoms with van der Waals surface area (Å²) in [5.74, 6) is 0.698. The summed E-state index contributed by atoms with van der Waals surface area (Å²) in [6, 6.07) is 9.98. The SMILES string of the molecule is CN(C)C(C(=O)C1CC1)c1ccccc1. The van der Waals surface area contributed by atoms with Gasteiger partial charge in [0, 0.05) is 5.92 Å². The van der Waals surface area contributed by atoms with Crippen molar-refractivity contribution in [2.24, 2.45) is 5.92 Å². The van der Waals surface area contributed by atoms with Crippen LogP contribution in [0.3, 0.4) is 0 Å². The number of rotatable bonds is 4. The molecule has 0 amide bonds. The molecule has 0 N–H and O–H groups in total. The molecule has 0 radical (unpaired) electrons. The number of hydrogen-bond acceptors (Lipinski definition) is 2. The van der Waals surface area contributed by atoms with E-state index in [1.807, 2.05) is 49.3 Å². The lowest BCUT2D eigenvalue weighted by atomic mass is 9.99. The van der Waals surface area contributed by atoms with Crippen molar-refractivity contribution in [3.05, 3.63) is 35.9 Å². The highest BCUT2D eigenvalue weighted by atomic mass is 16.1. The van der Waals surface area contributed by atoms with E-state index in [9.17, 15) is 4.79 Å². The molecule has 2 heteroatoms. The summed E-state index contributed by atoms with van der Waals surface area (Å²) in [6.45, 7) is 0. The Morgan fingerprint density at radius 2 is 1.87 bits per heavy atom. The van der Waals surface area contributed by atoms with Crippen LogP contribution in [0, 0.1) is 5.92 Å². The Morgan fingerprint density at radius 3 is 2.33 bits per heavy atom. The molecule has 0 aliphatic heterocycles. The Kier molecular flexibility index (Phi) is 2.87. The first-order valence-corrected chi connectivity index (χ1v) is 5.45. The summed E-state index contributed by atoms with van der Waals surface area (Å²) in [7, 11) is 3.94. The molecule has 1 aliphatic carbocycles. The van der Waals surface area contributed by atoms with Gasteiger partial charge < -0.3 is 0 Å². The first-order chi connectivity index (χ1) is 7.20. The molecular formula is C13H17NO. The number of likely N-dealkylation sites (N-methyl/N-ethyl adjacent to an activating group) is 1. The maximum absolute atomic E-state index is 12.1. The second-order valence-electron chi connectivity index (χ2n) is 4.45. The second kappa shape index (κ2) is 4.15. The fourth-order valence-electron chi connectivity index (χ4n) is 1.94. The molecule has 1 unspecified atom stereocenters. The van der Waals surface area contributed by atoms with Crippen molar-refractivity contribution in [1.82, 2.24) is 4.90 Å². The Bertz CT molecular complexity index is 341. The minimum Gasteiger partial charge on any atom is -0.297 e. The van der Waals surface area contributed by atoms with E-state index in [2.05, 4.69) is 0 Å². The summed E-state index contributed by atoms with van der Waals surface area (Å²) in [6.07, 6.45) is 2.16. The number of ketones is 1. The van der Waals surface area contributed by atoms with Gasteiger partial charge in [-0.15, -0.1) is 0 Å². The largest absolute Gasteiger partial charge is 0.297 e. The number of benzene rings is 1. The average molecular weight is 203 g/mol. The van der Waals surface area contributed by atoms with Crippen molar-refractivity contribution >= 4 is 5.78 Å². The minimum atomic E-state index is -0.0568. The summed E-state index contributed by atoms with van der Waals surface area (Å²) >= 11 is 0. The van der Waals surface area contributed by atoms with Gasteiger partial charge in [0.15, 0.2) is 5.78 Å². The smallest absolute Gasteiger partial charge is 0.157 e. The van der Waals surface area contributed by atoms with Gasteiger partial charge in [-0.1, -0.05) is 30.3 Å². The number of carbonyl (C=O) groups excluding carboxylic acids is 1. The van der Waals surface area contributed by atoms with Gasteiger partial charge in [0.1, 0.15) is 0 Å². The van der Waals surface area contributed by atoms with Crippen LogP contribution in [0.2, 0.25) is 0 Å². The lowest BCUT2D eigenvalue weighted by molar-refractivity contribution is -0.124. The van der Waals surface area contributed by atoms with Crippen LogP contribution in [0.4, 0.5) is 0 Å². The molecule has 1 atom stereocenters. The number of nitrogens with zero attached hydrogens (tertiary/aromatic N) is 1. The van der Waals surface area contributed by atoms with Gasteiger partial charge in [-0.3, -0.25) is 9.69 Å². The van der Waals surface area contributed by atoms with E-state index in [0.717, 1.165) is 18.4 Å². The normalized spacial score (nSPS) is 17.8. The molecule has 15 heavy (non-hydrogen) atoms. The molecule has 0 saturated heterocycles. The third-order valence-corrected chi connectivity index (χ3v) is 2.88. The van der Waals surface area contributed by atoms with E-state index in [1.165, 1.54) is 0 Å². The number of carbonyl (C=O) groups is 1. The summed E-state index contributed by atoms with van der Waals surface area (Å²) in [5, 5.41) is 0. The van der Waals surface area contributed by atoms with E-state index >= 15 is 0 Å². The molecule has 0 spiro atoms. The Balaban J connectivity index is 2.23. The second-order valence-corrected chi connectivity index (χ2v) is 4.45. The van der Waals surface area contributed by atoms with Crippen molar-refractivity contribution in [3.8, 4) is 0 Å². The third-order valence-electron chi connectivity index (χ3n) is 2.88. The maximum atomic E-state index is 12.1. The van der Waals surface area contributed by atoms with Gasteiger partial charge in [-0.2, -0.15) is 0 Å². The first kappa shape index (κ1) is 10.4. The molecule has 0 heterocycles. The van der Waals surface area contributed by atoms with Crippen LogP contribution in [0.5, 0.6) is 0 Å².